The normalized spacial score (nSPS) is 10.1. The molecule has 0 radical (unpaired) electrons. The highest BCUT2D eigenvalue weighted by Gasteiger charge is 1.98. The zero-order valence-corrected chi connectivity index (χ0v) is 7.65. The van der Waals surface area contributed by atoms with Gasteiger partial charge in [-0.3, -0.25) is 0 Å². The van der Waals surface area contributed by atoms with E-state index >= 15 is 0 Å². The van der Waals surface area contributed by atoms with Gasteiger partial charge in [0.1, 0.15) is 0 Å². The van der Waals surface area contributed by atoms with Crippen molar-refractivity contribution in [3.63, 3.8) is 0 Å². The maximum Gasteiger partial charge on any atom is 0.0606 e. The van der Waals surface area contributed by atoms with Crippen molar-refractivity contribution >= 4 is 23.2 Å². The first-order valence-electron chi connectivity index (χ1n) is 3.24. The van der Waals surface area contributed by atoms with E-state index in [9.17, 15) is 0 Å². The van der Waals surface area contributed by atoms with E-state index in [1.54, 1.807) is 13.1 Å². The molecule has 0 saturated carbocycles. The first kappa shape index (κ1) is 8.85. The van der Waals surface area contributed by atoms with Gasteiger partial charge in [-0.05, 0) is 11.6 Å². The van der Waals surface area contributed by atoms with Crippen LogP contribution < -0.4 is 0 Å². The van der Waals surface area contributed by atoms with Crippen LogP contribution >= 0.6 is 23.2 Å². The van der Waals surface area contributed by atoms with Crippen molar-refractivity contribution < 1.29 is 0 Å². The Morgan fingerprint density at radius 2 is 2.09 bits per heavy atom. The van der Waals surface area contributed by atoms with E-state index in [1.165, 1.54) is 0 Å². The molecule has 0 N–H and O–H groups in total. The van der Waals surface area contributed by atoms with Crippen LogP contribution in [-0.4, -0.2) is 7.05 Å². The molecule has 0 fully saturated rings. The minimum atomic E-state index is 0.591. The second kappa shape index (κ2) is 3.96. The van der Waals surface area contributed by atoms with E-state index in [-0.39, 0.29) is 0 Å². The zero-order chi connectivity index (χ0) is 8.27. The quantitative estimate of drug-likeness (QED) is 0.675. The van der Waals surface area contributed by atoms with Crippen molar-refractivity contribution in [3.05, 3.63) is 39.1 Å². The van der Waals surface area contributed by atoms with Crippen LogP contribution in [0.2, 0.25) is 10.0 Å². The molecule has 0 spiro atoms. The Hall–Kier alpha value is -0.240. The number of halogens is 2. The Kier molecular flexibility index (Phi) is 3.18. The molecule has 0 heterocycles. The van der Waals surface area contributed by atoms with Gasteiger partial charge in [0.05, 0.1) is 10.0 Å². The molecule has 0 atom stereocenters. The van der Waals surface area contributed by atoms with Gasteiger partial charge in [0.15, 0.2) is 0 Å². The first-order valence-corrected chi connectivity index (χ1v) is 3.99. The lowest BCUT2D eigenvalue weighted by molar-refractivity contribution is 1.19. The fraction of sp³-hybridized carbons (Fsp3) is 0.250. The molecule has 60 valence electrons. The largest absolute Gasteiger partial charge is 0.661 e. The van der Waals surface area contributed by atoms with E-state index in [1.807, 2.05) is 12.1 Å². The Balaban J connectivity index is 2.96. The SMILES string of the molecule is C[N-]Cc1cccc(Cl)c1Cl. The molecule has 1 aromatic rings. The van der Waals surface area contributed by atoms with Gasteiger partial charge >= 0.3 is 0 Å². The van der Waals surface area contributed by atoms with Crippen LogP contribution in [0.15, 0.2) is 18.2 Å². The minimum absolute atomic E-state index is 0.591. The lowest BCUT2D eigenvalue weighted by atomic mass is 10.2. The lowest BCUT2D eigenvalue weighted by Gasteiger charge is -2.12. The molecule has 0 aromatic heterocycles. The highest BCUT2D eigenvalue weighted by molar-refractivity contribution is 6.42. The molecule has 0 aliphatic rings. The molecule has 0 unspecified atom stereocenters. The molecular formula is C8H8Cl2N-. The summed E-state index contributed by atoms with van der Waals surface area (Å²) < 4.78 is 0. The standard InChI is InChI=1S/C8H8Cl2N/c1-11-5-6-3-2-4-7(9)8(6)10/h2-4H,5H2,1H3/q-1. The highest BCUT2D eigenvalue weighted by Crippen LogP contribution is 2.26. The molecule has 0 saturated heterocycles. The fourth-order valence-corrected chi connectivity index (χ4v) is 1.22. The van der Waals surface area contributed by atoms with Crippen LogP contribution in [-0.2, 0) is 6.54 Å². The molecule has 3 heteroatoms. The molecule has 1 nitrogen and oxygen atoms in total. The summed E-state index contributed by atoms with van der Waals surface area (Å²) in [5.41, 5.74) is 0.974. The van der Waals surface area contributed by atoms with E-state index in [0.717, 1.165) is 5.56 Å². The molecule has 0 aliphatic heterocycles. The van der Waals surface area contributed by atoms with Crippen LogP contribution in [0.3, 0.4) is 0 Å². The molecule has 0 bridgehead atoms. The van der Waals surface area contributed by atoms with Gasteiger partial charge in [-0.1, -0.05) is 35.3 Å². The monoisotopic (exact) mass is 188 g/mol. The second-order valence-corrected chi connectivity index (χ2v) is 2.97. The molecular weight excluding hydrogens is 181 g/mol. The van der Waals surface area contributed by atoms with Crippen LogP contribution in [0.4, 0.5) is 0 Å². The molecule has 11 heavy (non-hydrogen) atoms. The summed E-state index contributed by atoms with van der Waals surface area (Å²) in [5.74, 6) is 0. The van der Waals surface area contributed by atoms with Crippen molar-refractivity contribution in [1.29, 1.82) is 0 Å². The zero-order valence-electron chi connectivity index (χ0n) is 6.14. The third kappa shape index (κ3) is 2.09. The Bertz CT molecular complexity index is 248. The van der Waals surface area contributed by atoms with E-state index < -0.39 is 0 Å². The summed E-state index contributed by atoms with van der Waals surface area (Å²) >= 11 is 11.7. The smallest absolute Gasteiger partial charge is 0.0606 e. The van der Waals surface area contributed by atoms with Gasteiger partial charge < -0.3 is 5.32 Å². The summed E-state index contributed by atoms with van der Waals surface area (Å²) in [6.07, 6.45) is 0. The number of benzene rings is 1. The van der Waals surface area contributed by atoms with Crippen molar-refractivity contribution in [3.8, 4) is 0 Å². The maximum absolute atomic E-state index is 5.88. The number of rotatable bonds is 2. The minimum Gasteiger partial charge on any atom is -0.661 e. The summed E-state index contributed by atoms with van der Waals surface area (Å²) in [6, 6.07) is 5.55. The predicted octanol–water partition coefficient (Wildman–Crippen LogP) is 3.50. The molecule has 0 aliphatic carbocycles. The van der Waals surface area contributed by atoms with E-state index in [2.05, 4.69) is 5.32 Å². The average molecular weight is 189 g/mol. The lowest BCUT2D eigenvalue weighted by Crippen LogP contribution is -1.83. The van der Waals surface area contributed by atoms with Gasteiger partial charge in [-0.15, -0.1) is 6.54 Å². The summed E-state index contributed by atoms with van der Waals surface area (Å²) in [7, 11) is 1.75. The molecule has 0 amide bonds. The third-order valence-corrected chi connectivity index (χ3v) is 2.22. The molecule has 1 aromatic carbocycles. The molecule has 1 rings (SSSR count). The average Bonchev–Trinajstić information content (AvgIpc) is 1.99. The van der Waals surface area contributed by atoms with Crippen LogP contribution in [0.1, 0.15) is 5.56 Å². The van der Waals surface area contributed by atoms with Crippen LogP contribution in [0, 0.1) is 0 Å². The van der Waals surface area contributed by atoms with Crippen molar-refractivity contribution in [2.75, 3.05) is 7.05 Å². The summed E-state index contributed by atoms with van der Waals surface area (Å²) in [6.45, 7) is 0.624. The maximum atomic E-state index is 5.88. The van der Waals surface area contributed by atoms with E-state index in [4.69, 9.17) is 23.2 Å². The van der Waals surface area contributed by atoms with Gasteiger partial charge in [-0.25, -0.2) is 0 Å². The van der Waals surface area contributed by atoms with Gasteiger partial charge in [-0.2, -0.15) is 7.05 Å². The summed E-state index contributed by atoms with van der Waals surface area (Å²) in [5, 5.41) is 5.17. The number of hydrogen-bond acceptors (Lipinski definition) is 0. The topological polar surface area (TPSA) is 14.1 Å². The van der Waals surface area contributed by atoms with Crippen LogP contribution in [0.25, 0.3) is 5.32 Å². The Morgan fingerprint density at radius 3 is 2.73 bits per heavy atom. The summed E-state index contributed by atoms with van der Waals surface area (Å²) in [4.78, 5) is 0. The van der Waals surface area contributed by atoms with Gasteiger partial charge in [0.2, 0.25) is 0 Å². The van der Waals surface area contributed by atoms with Gasteiger partial charge in [0.25, 0.3) is 0 Å². The Labute approximate surface area is 76.3 Å². The second-order valence-electron chi connectivity index (χ2n) is 2.19. The number of nitrogens with zero attached hydrogens (tertiary/aromatic N) is 1. The highest BCUT2D eigenvalue weighted by atomic mass is 35.5. The number of hydrogen-bond donors (Lipinski definition) is 0. The van der Waals surface area contributed by atoms with Crippen molar-refractivity contribution in [2.24, 2.45) is 0 Å². The van der Waals surface area contributed by atoms with E-state index in [0.29, 0.717) is 16.6 Å². The fourth-order valence-electron chi connectivity index (χ4n) is 0.841. The van der Waals surface area contributed by atoms with Gasteiger partial charge in [0, 0.05) is 0 Å². The van der Waals surface area contributed by atoms with Crippen molar-refractivity contribution in [2.45, 2.75) is 6.54 Å². The Morgan fingerprint density at radius 1 is 1.36 bits per heavy atom. The van der Waals surface area contributed by atoms with Crippen molar-refractivity contribution in [1.82, 2.24) is 0 Å². The third-order valence-electron chi connectivity index (χ3n) is 1.36. The van der Waals surface area contributed by atoms with Crippen LogP contribution in [0.5, 0.6) is 0 Å². The predicted molar refractivity (Wildman–Crippen MR) is 49.4 cm³/mol. The first-order chi connectivity index (χ1) is 5.25.